The van der Waals surface area contributed by atoms with Crippen LogP contribution >= 0.6 is 0 Å². The van der Waals surface area contributed by atoms with Crippen LogP contribution in [0.15, 0.2) is 24.5 Å². The van der Waals surface area contributed by atoms with E-state index in [4.69, 9.17) is 10.5 Å². The highest BCUT2D eigenvalue weighted by Gasteiger charge is 2.21. The van der Waals surface area contributed by atoms with Crippen molar-refractivity contribution in [2.24, 2.45) is 5.73 Å². The monoisotopic (exact) mass is 193 g/mol. The molecule has 4 nitrogen and oxygen atoms in total. The molecule has 2 unspecified atom stereocenters. The Balaban J connectivity index is 2.03. The van der Waals surface area contributed by atoms with Gasteiger partial charge in [0.2, 0.25) is 0 Å². The lowest BCUT2D eigenvalue weighted by Crippen LogP contribution is -2.47. The minimum atomic E-state index is -0.0380. The molecule has 3 N–H and O–H groups in total. The van der Waals surface area contributed by atoms with Gasteiger partial charge in [0.1, 0.15) is 0 Å². The summed E-state index contributed by atoms with van der Waals surface area (Å²) in [6.45, 7) is 2.32. The van der Waals surface area contributed by atoms with Gasteiger partial charge in [-0.1, -0.05) is 6.07 Å². The van der Waals surface area contributed by atoms with Crippen LogP contribution in [0.4, 0.5) is 0 Å². The van der Waals surface area contributed by atoms with Gasteiger partial charge >= 0.3 is 0 Å². The van der Waals surface area contributed by atoms with Gasteiger partial charge in [-0.15, -0.1) is 0 Å². The van der Waals surface area contributed by atoms with Crippen molar-refractivity contribution in [1.29, 1.82) is 0 Å². The van der Waals surface area contributed by atoms with Crippen molar-refractivity contribution in [3.8, 4) is 0 Å². The lowest BCUT2D eigenvalue weighted by molar-refractivity contribution is 0.0684. The number of nitrogens with two attached hydrogens (primary N) is 1. The number of ether oxygens (including phenoxy) is 1. The van der Waals surface area contributed by atoms with Crippen molar-refractivity contribution in [3.63, 3.8) is 0 Å². The van der Waals surface area contributed by atoms with E-state index in [-0.39, 0.29) is 12.1 Å². The summed E-state index contributed by atoms with van der Waals surface area (Å²) in [5.74, 6) is 0. The predicted octanol–water partition coefficient (Wildman–Crippen LogP) is 0.0698. The average Bonchev–Trinajstić information content (AvgIpc) is 2.30. The fourth-order valence-electron chi connectivity index (χ4n) is 1.62. The van der Waals surface area contributed by atoms with E-state index in [1.165, 1.54) is 0 Å². The summed E-state index contributed by atoms with van der Waals surface area (Å²) in [6, 6.07) is 4.06. The molecule has 2 atom stereocenters. The SMILES string of the molecule is NC(c1cccnc1)C1COCCN1. The molecule has 1 saturated heterocycles. The highest BCUT2D eigenvalue weighted by Crippen LogP contribution is 2.14. The number of hydrogen-bond acceptors (Lipinski definition) is 4. The van der Waals surface area contributed by atoms with Gasteiger partial charge in [-0.3, -0.25) is 4.98 Å². The highest BCUT2D eigenvalue weighted by molar-refractivity contribution is 5.15. The standard InChI is InChI=1S/C10H15N3O/c11-10(8-2-1-3-12-6-8)9-7-14-5-4-13-9/h1-3,6,9-10,13H,4-5,7,11H2. The van der Waals surface area contributed by atoms with Crippen LogP contribution in [0, 0.1) is 0 Å². The van der Waals surface area contributed by atoms with E-state index < -0.39 is 0 Å². The maximum absolute atomic E-state index is 6.09. The Hall–Kier alpha value is -0.970. The first-order valence-corrected chi connectivity index (χ1v) is 4.84. The molecule has 0 radical (unpaired) electrons. The predicted molar refractivity (Wildman–Crippen MR) is 53.8 cm³/mol. The first-order valence-electron chi connectivity index (χ1n) is 4.84. The second-order valence-corrected chi connectivity index (χ2v) is 3.45. The lowest BCUT2D eigenvalue weighted by atomic mass is 10.0. The Morgan fingerprint density at radius 3 is 3.21 bits per heavy atom. The molecule has 1 fully saturated rings. The Kier molecular flexibility index (Phi) is 3.08. The van der Waals surface area contributed by atoms with E-state index in [9.17, 15) is 0 Å². The van der Waals surface area contributed by atoms with Crippen molar-refractivity contribution in [1.82, 2.24) is 10.3 Å². The Bertz CT molecular complexity index is 272. The second-order valence-electron chi connectivity index (χ2n) is 3.45. The number of rotatable bonds is 2. The molecule has 76 valence electrons. The molecule has 2 rings (SSSR count). The zero-order chi connectivity index (χ0) is 9.80. The first-order chi connectivity index (χ1) is 6.88. The molecule has 0 aliphatic carbocycles. The molecule has 2 heterocycles. The van der Waals surface area contributed by atoms with E-state index in [1.807, 2.05) is 12.1 Å². The Morgan fingerprint density at radius 2 is 2.57 bits per heavy atom. The molecular weight excluding hydrogens is 178 g/mol. The zero-order valence-electron chi connectivity index (χ0n) is 8.02. The number of hydrogen-bond donors (Lipinski definition) is 2. The summed E-state index contributed by atoms with van der Waals surface area (Å²) in [4.78, 5) is 4.05. The number of pyridine rings is 1. The van der Waals surface area contributed by atoms with Crippen LogP contribution in [0.3, 0.4) is 0 Å². The molecule has 1 aromatic heterocycles. The van der Waals surface area contributed by atoms with Crippen molar-refractivity contribution in [3.05, 3.63) is 30.1 Å². The number of morpholine rings is 1. The largest absolute Gasteiger partial charge is 0.378 e. The van der Waals surface area contributed by atoms with Crippen molar-refractivity contribution in [2.75, 3.05) is 19.8 Å². The molecule has 0 amide bonds. The van der Waals surface area contributed by atoms with Crippen LogP contribution in [0.25, 0.3) is 0 Å². The van der Waals surface area contributed by atoms with Gasteiger partial charge in [-0.25, -0.2) is 0 Å². The molecule has 4 heteroatoms. The minimum Gasteiger partial charge on any atom is -0.378 e. The summed E-state index contributed by atoms with van der Waals surface area (Å²) >= 11 is 0. The highest BCUT2D eigenvalue weighted by atomic mass is 16.5. The first kappa shape index (κ1) is 9.58. The van der Waals surface area contributed by atoms with Gasteiger partial charge in [0.05, 0.1) is 13.2 Å². The molecular formula is C10H15N3O. The maximum Gasteiger partial charge on any atom is 0.0638 e. The smallest absolute Gasteiger partial charge is 0.0638 e. The Labute approximate surface area is 83.5 Å². The number of aromatic nitrogens is 1. The van der Waals surface area contributed by atoms with Gasteiger partial charge in [0.25, 0.3) is 0 Å². The fraction of sp³-hybridized carbons (Fsp3) is 0.500. The Morgan fingerprint density at radius 1 is 1.64 bits per heavy atom. The fourth-order valence-corrected chi connectivity index (χ4v) is 1.62. The maximum atomic E-state index is 6.09. The van der Waals surface area contributed by atoms with Crippen LogP contribution < -0.4 is 11.1 Å². The van der Waals surface area contributed by atoms with Gasteiger partial charge < -0.3 is 15.8 Å². The summed E-state index contributed by atoms with van der Waals surface area (Å²) < 4.78 is 5.36. The normalized spacial score (nSPS) is 24.5. The van der Waals surface area contributed by atoms with Crippen LogP contribution in [-0.4, -0.2) is 30.8 Å². The third-order valence-electron chi connectivity index (χ3n) is 2.45. The molecule has 0 saturated carbocycles. The molecule has 1 aromatic rings. The molecule has 0 aromatic carbocycles. The van der Waals surface area contributed by atoms with E-state index in [1.54, 1.807) is 12.4 Å². The van der Waals surface area contributed by atoms with Crippen LogP contribution in [0.5, 0.6) is 0 Å². The van der Waals surface area contributed by atoms with Crippen molar-refractivity contribution < 1.29 is 4.74 Å². The molecule has 0 bridgehead atoms. The van der Waals surface area contributed by atoms with Crippen LogP contribution in [0.2, 0.25) is 0 Å². The van der Waals surface area contributed by atoms with Gasteiger partial charge in [-0.05, 0) is 11.6 Å². The molecule has 0 spiro atoms. The third-order valence-corrected chi connectivity index (χ3v) is 2.45. The minimum absolute atomic E-state index is 0.0380. The van der Waals surface area contributed by atoms with Crippen molar-refractivity contribution in [2.45, 2.75) is 12.1 Å². The van der Waals surface area contributed by atoms with Gasteiger partial charge in [0.15, 0.2) is 0 Å². The average molecular weight is 193 g/mol. The van der Waals surface area contributed by atoms with E-state index in [0.717, 1.165) is 18.7 Å². The van der Waals surface area contributed by atoms with Gasteiger partial charge in [-0.2, -0.15) is 0 Å². The summed E-state index contributed by atoms with van der Waals surface area (Å²) in [6.07, 6.45) is 3.56. The lowest BCUT2D eigenvalue weighted by Gasteiger charge is -2.28. The van der Waals surface area contributed by atoms with E-state index in [0.29, 0.717) is 6.61 Å². The second kappa shape index (κ2) is 4.50. The quantitative estimate of drug-likeness (QED) is 0.698. The third kappa shape index (κ3) is 2.09. The van der Waals surface area contributed by atoms with E-state index >= 15 is 0 Å². The van der Waals surface area contributed by atoms with Crippen LogP contribution in [-0.2, 0) is 4.74 Å². The zero-order valence-corrected chi connectivity index (χ0v) is 8.02. The molecule has 1 aliphatic heterocycles. The number of nitrogens with one attached hydrogen (secondary N) is 1. The summed E-state index contributed by atoms with van der Waals surface area (Å²) in [5.41, 5.74) is 7.14. The number of nitrogens with zero attached hydrogens (tertiary/aromatic N) is 1. The topological polar surface area (TPSA) is 60.2 Å². The molecule has 1 aliphatic rings. The van der Waals surface area contributed by atoms with Crippen molar-refractivity contribution >= 4 is 0 Å². The summed E-state index contributed by atoms with van der Waals surface area (Å²) in [7, 11) is 0. The van der Waals surface area contributed by atoms with Crippen LogP contribution in [0.1, 0.15) is 11.6 Å². The molecule has 14 heavy (non-hydrogen) atoms. The van der Waals surface area contributed by atoms with Gasteiger partial charge in [0, 0.05) is 31.0 Å². The van der Waals surface area contributed by atoms with E-state index in [2.05, 4.69) is 10.3 Å². The summed E-state index contributed by atoms with van der Waals surface area (Å²) in [5, 5.41) is 3.34.